The molecule has 3 saturated heterocycles. The molecule has 0 bridgehead atoms. The highest BCUT2D eigenvalue weighted by molar-refractivity contribution is 6.00. The molecule has 3 fully saturated rings. The van der Waals surface area contributed by atoms with E-state index in [0.717, 1.165) is 70.9 Å². The third kappa shape index (κ3) is 17.8. The predicted octanol–water partition coefficient (Wildman–Crippen LogP) is -0.667. The molecule has 0 aliphatic carbocycles. The number of aliphatic hydroxyl groups excluding tert-OH is 7. The van der Waals surface area contributed by atoms with Crippen molar-refractivity contribution in [1.29, 1.82) is 0 Å². The number of hydrogen-bond acceptors (Lipinski definition) is 19. The van der Waals surface area contributed by atoms with E-state index in [1.54, 1.807) is 12.1 Å². The molecule has 14 N–H and O–H groups in total. The van der Waals surface area contributed by atoms with Gasteiger partial charge < -0.3 is 91.4 Å². The van der Waals surface area contributed by atoms with Crippen LogP contribution in [0.4, 0.5) is 0 Å². The summed E-state index contributed by atoms with van der Waals surface area (Å²) in [6, 6.07) is 15.2. The van der Waals surface area contributed by atoms with Crippen LogP contribution in [-0.4, -0.2) is 224 Å². The normalized spacial score (nSPS) is 26.3. The van der Waals surface area contributed by atoms with E-state index in [1.165, 1.54) is 50.4 Å². The second kappa shape index (κ2) is 32.2. The van der Waals surface area contributed by atoms with Crippen molar-refractivity contribution in [1.82, 2.24) is 41.7 Å². The summed E-state index contributed by atoms with van der Waals surface area (Å²) in [5.41, 5.74) is 3.46. The number of aromatic hydroxyl groups is 1. The number of nitrogens with one attached hydrogen (secondary N) is 6. The molecule has 3 heterocycles. The van der Waals surface area contributed by atoms with E-state index in [4.69, 9.17) is 14.2 Å². The third-order valence-corrected chi connectivity index (χ3v) is 16.1. The van der Waals surface area contributed by atoms with Crippen molar-refractivity contribution in [3.05, 3.63) is 108 Å². The molecule has 484 valence electrons. The highest BCUT2D eigenvalue weighted by Crippen LogP contribution is 2.30. The average molecular weight is 1240 g/mol. The predicted molar refractivity (Wildman–Crippen MR) is 322 cm³/mol. The first-order valence-electron chi connectivity index (χ1n) is 29.9. The van der Waals surface area contributed by atoms with Crippen LogP contribution in [0.3, 0.4) is 0 Å². The quantitative estimate of drug-likeness (QED) is 0.0460. The van der Waals surface area contributed by atoms with Crippen molar-refractivity contribution in [2.45, 2.75) is 145 Å². The van der Waals surface area contributed by atoms with Crippen molar-refractivity contribution >= 4 is 41.4 Å². The van der Waals surface area contributed by atoms with Crippen molar-refractivity contribution in [3.8, 4) is 33.8 Å². The SMILES string of the molecule is CCCCCOc1ccc(-c2ccc(-c3ccc(C(=O)NC4C[C@@H](O)C(NCCOCCOC)NC(=O)C5[C@@H](O)[C@@H](C)CN5C(=O)C([C@@H](C)O)NC(=O)C([C@H](O)[C@@H](O)c5ccc(O)cc5)NC(=O)C5C[C@@H](O)CN5C(=O)C([C@@H](C)O)NC4=O)cc3)cc2)cc1. The number of ether oxygens (including phenoxy) is 3. The minimum absolute atomic E-state index is 0.0287. The maximum Gasteiger partial charge on any atom is 0.251 e. The van der Waals surface area contributed by atoms with Gasteiger partial charge in [0.15, 0.2) is 0 Å². The first-order chi connectivity index (χ1) is 42.5. The van der Waals surface area contributed by atoms with Crippen LogP contribution in [-0.2, 0) is 38.2 Å². The molecule has 7 unspecified atom stereocenters. The summed E-state index contributed by atoms with van der Waals surface area (Å²) in [5, 5.41) is 106. The number of fused-ring (bicyclic) bond motifs is 2. The smallest absolute Gasteiger partial charge is 0.251 e. The Balaban J connectivity index is 1.23. The second-order valence-electron chi connectivity index (χ2n) is 22.9. The monoisotopic (exact) mass is 1240 g/mol. The van der Waals surface area contributed by atoms with Gasteiger partial charge in [0.2, 0.25) is 35.4 Å². The van der Waals surface area contributed by atoms with Crippen LogP contribution in [0.1, 0.15) is 81.8 Å². The number of phenolic OH excluding ortho intramolecular Hbond substituents is 1. The summed E-state index contributed by atoms with van der Waals surface area (Å²) in [4.78, 5) is 104. The molecule has 0 aromatic heterocycles. The highest BCUT2D eigenvalue weighted by Gasteiger charge is 2.50. The zero-order valence-electron chi connectivity index (χ0n) is 50.4. The van der Waals surface area contributed by atoms with E-state index in [1.807, 2.05) is 48.5 Å². The molecule has 3 aliphatic heterocycles. The van der Waals surface area contributed by atoms with Crippen molar-refractivity contribution in [2.75, 3.05) is 53.2 Å². The summed E-state index contributed by atoms with van der Waals surface area (Å²) < 4.78 is 16.5. The number of phenols is 1. The number of rotatable bonds is 21. The van der Waals surface area contributed by atoms with Gasteiger partial charge in [0.25, 0.3) is 5.91 Å². The molecule has 3 aliphatic rings. The van der Waals surface area contributed by atoms with E-state index < -0.39 is 152 Å². The van der Waals surface area contributed by atoms with Crippen LogP contribution < -0.4 is 36.6 Å². The van der Waals surface area contributed by atoms with E-state index in [-0.39, 0.29) is 49.8 Å². The fourth-order valence-corrected chi connectivity index (χ4v) is 11.0. The van der Waals surface area contributed by atoms with Crippen molar-refractivity contribution in [3.63, 3.8) is 0 Å². The molecule has 4 aromatic carbocycles. The average Bonchev–Trinajstić information content (AvgIpc) is 1.91. The molecule has 4 aromatic rings. The van der Waals surface area contributed by atoms with Gasteiger partial charge in [-0.25, -0.2) is 0 Å². The molecule has 26 nitrogen and oxygen atoms in total. The number of aliphatic hydroxyl groups is 7. The number of nitrogens with zero attached hydrogens (tertiary/aromatic N) is 2. The lowest BCUT2D eigenvalue weighted by Gasteiger charge is -2.34. The lowest BCUT2D eigenvalue weighted by atomic mass is 9.96. The number of hydrogen-bond donors (Lipinski definition) is 14. The zero-order valence-corrected chi connectivity index (χ0v) is 50.4. The summed E-state index contributed by atoms with van der Waals surface area (Å²) in [5.74, 6) is -8.24. The van der Waals surface area contributed by atoms with Crippen LogP contribution in [0.25, 0.3) is 22.3 Å². The topological polar surface area (TPSA) is 388 Å². The summed E-state index contributed by atoms with van der Waals surface area (Å²) in [6.07, 6.45) is -12.4. The Hall–Kier alpha value is -7.63. The van der Waals surface area contributed by atoms with Crippen LogP contribution in [0, 0.1) is 5.92 Å². The summed E-state index contributed by atoms with van der Waals surface area (Å²) in [7, 11) is 1.47. The van der Waals surface area contributed by atoms with Gasteiger partial charge in [0.1, 0.15) is 66.1 Å². The number of carbonyl (C=O) groups is 7. The standard InChI is InChI=1S/C63H84N8O18/c1-6-7-8-26-89-45-23-19-40(20-24-45)38-11-9-37(10-12-38)39-13-15-42(16-14-39)57(80)65-46-31-48(76)56(64-25-27-88-29-28-87-5)69-61(84)52-53(77)34(2)32-71(52)63(86)50(36(4)73)67-60(83)51(55(79)54(78)41-17-21-43(74)22-18-41)68-59(82)47-30-44(75)33-70(47)62(85)49(35(3)72)66-58(46)81/h9-24,34-36,44,46-56,64,72-79H,6-8,25-33H2,1-5H3,(H,65,80)(H,66,81)(H,67,83)(H,68,82)(H,69,84)/t34-,35+,36+,44+,46?,47?,48+,49?,50?,51?,52?,53-,54-,55-,56?/m0/s1. The van der Waals surface area contributed by atoms with Gasteiger partial charge in [-0.1, -0.05) is 87.4 Å². The molecule has 26 heteroatoms. The molecule has 0 radical (unpaired) electrons. The van der Waals surface area contributed by atoms with Gasteiger partial charge >= 0.3 is 0 Å². The maximum atomic E-state index is 14.8. The number of amides is 7. The maximum absolute atomic E-state index is 14.8. The minimum atomic E-state index is -2.29. The van der Waals surface area contributed by atoms with Crippen molar-refractivity contribution in [2.24, 2.45) is 5.92 Å². The van der Waals surface area contributed by atoms with Gasteiger partial charge in [-0.3, -0.25) is 38.9 Å². The Labute approximate surface area is 515 Å². The minimum Gasteiger partial charge on any atom is -0.508 e. The number of unbranched alkanes of at least 4 members (excludes halogenated alkanes) is 2. The van der Waals surface area contributed by atoms with E-state index in [9.17, 15) is 74.4 Å². The first kappa shape index (κ1) is 68.9. The fourth-order valence-electron chi connectivity index (χ4n) is 11.0. The zero-order chi connectivity index (χ0) is 64.6. The van der Waals surface area contributed by atoms with Gasteiger partial charge in [-0.15, -0.1) is 0 Å². The Bertz CT molecular complexity index is 3010. The third-order valence-electron chi connectivity index (χ3n) is 16.1. The molecule has 89 heavy (non-hydrogen) atoms. The molecule has 15 atom stereocenters. The Kier molecular flexibility index (Phi) is 24.9. The molecular weight excluding hydrogens is 1160 g/mol. The second-order valence-corrected chi connectivity index (χ2v) is 22.9. The summed E-state index contributed by atoms with van der Waals surface area (Å²) in [6.45, 7) is 5.90. The van der Waals surface area contributed by atoms with Crippen LogP contribution in [0.5, 0.6) is 11.5 Å². The molecule has 0 spiro atoms. The largest absolute Gasteiger partial charge is 0.508 e. The van der Waals surface area contributed by atoms with Gasteiger partial charge in [-0.2, -0.15) is 0 Å². The van der Waals surface area contributed by atoms with Crippen LogP contribution in [0.2, 0.25) is 0 Å². The molecule has 0 saturated carbocycles. The Morgan fingerprint density at radius 1 is 0.640 bits per heavy atom. The Morgan fingerprint density at radius 3 is 1.79 bits per heavy atom. The van der Waals surface area contributed by atoms with Gasteiger partial charge in [0.05, 0.1) is 56.9 Å². The van der Waals surface area contributed by atoms with E-state index in [2.05, 4.69) is 38.8 Å². The molecule has 7 rings (SSSR count). The lowest BCUT2D eigenvalue weighted by molar-refractivity contribution is -0.148. The first-order valence-corrected chi connectivity index (χ1v) is 29.9. The van der Waals surface area contributed by atoms with Crippen LogP contribution in [0.15, 0.2) is 97.1 Å². The van der Waals surface area contributed by atoms with Gasteiger partial charge in [-0.05, 0) is 84.5 Å². The Morgan fingerprint density at radius 2 is 1.20 bits per heavy atom. The fraction of sp³-hybridized carbons (Fsp3) is 0.508. The highest BCUT2D eigenvalue weighted by atomic mass is 16.5. The lowest BCUT2D eigenvalue weighted by Crippen LogP contribution is -2.64. The molecular formula is C63H84N8O18. The van der Waals surface area contributed by atoms with Crippen molar-refractivity contribution < 1.29 is 88.6 Å². The van der Waals surface area contributed by atoms with E-state index >= 15 is 0 Å². The van der Waals surface area contributed by atoms with Crippen LogP contribution >= 0.6 is 0 Å². The molecule has 7 amide bonds. The number of carbonyl (C=O) groups excluding carboxylic acids is 7. The van der Waals surface area contributed by atoms with E-state index in [0.29, 0.717) is 6.61 Å². The summed E-state index contributed by atoms with van der Waals surface area (Å²) >= 11 is 0. The number of methoxy groups -OCH3 is 1. The van der Waals surface area contributed by atoms with Gasteiger partial charge in [0, 0.05) is 51.1 Å². The number of benzene rings is 4.